The molecule has 1 rings (SSSR count). The number of piperidine rings is 1. The molecule has 116 valence electrons. The van der Waals surface area contributed by atoms with Gasteiger partial charge in [-0.2, -0.15) is 0 Å². The Bertz CT molecular complexity index is 314. The minimum Gasteiger partial charge on any atom is -0.358 e. The van der Waals surface area contributed by atoms with Crippen molar-refractivity contribution in [2.45, 2.75) is 45.2 Å². The average molecular weight is 284 g/mol. The third-order valence-electron chi connectivity index (χ3n) is 3.64. The summed E-state index contributed by atoms with van der Waals surface area (Å²) in [6.07, 6.45) is 2.35. The highest BCUT2D eigenvalue weighted by molar-refractivity contribution is 5.78. The van der Waals surface area contributed by atoms with Crippen LogP contribution in [0.15, 0.2) is 0 Å². The standard InChI is InChI=1S/C14H28N4O2/c1-4-16-11(2)9-13(19)17-12-5-7-18(8-6-12)10-14(20)15-3/h11-12,16H,4-10H2,1-3H3,(H,15,20)(H,17,19). The monoisotopic (exact) mass is 284 g/mol. The molecule has 6 nitrogen and oxygen atoms in total. The first kappa shape index (κ1) is 16.9. The second kappa shape index (κ2) is 8.92. The predicted molar refractivity (Wildman–Crippen MR) is 79.4 cm³/mol. The van der Waals surface area contributed by atoms with Crippen molar-refractivity contribution in [1.29, 1.82) is 0 Å². The van der Waals surface area contributed by atoms with Crippen LogP contribution in [0.1, 0.15) is 33.1 Å². The lowest BCUT2D eigenvalue weighted by Gasteiger charge is -2.32. The molecule has 1 aliphatic heterocycles. The zero-order valence-electron chi connectivity index (χ0n) is 12.9. The van der Waals surface area contributed by atoms with E-state index < -0.39 is 0 Å². The summed E-state index contributed by atoms with van der Waals surface area (Å²) in [4.78, 5) is 25.3. The minimum atomic E-state index is 0.0481. The summed E-state index contributed by atoms with van der Waals surface area (Å²) in [6, 6.07) is 0.464. The Balaban J connectivity index is 2.21. The fraction of sp³-hybridized carbons (Fsp3) is 0.857. The molecule has 0 aromatic carbocycles. The number of nitrogens with one attached hydrogen (secondary N) is 3. The third-order valence-corrected chi connectivity index (χ3v) is 3.64. The Morgan fingerprint density at radius 1 is 1.25 bits per heavy atom. The van der Waals surface area contributed by atoms with Crippen molar-refractivity contribution in [1.82, 2.24) is 20.9 Å². The average Bonchev–Trinajstić information content (AvgIpc) is 2.41. The van der Waals surface area contributed by atoms with Crippen LogP contribution in [-0.2, 0) is 9.59 Å². The molecule has 2 amide bonds. The molecule has 1 atom stereocenters. The molecule has 0 spiro atoms. The lowest BCUT2D eigenvalue weighted by molar-refractivity contribution is -0.124. The van der Waals surface area contributed by atoms with E-state index in [-0.39, 0.29) is 23.9 Å². The molecular formula is C14H28N4O2. The van der Waals surface area contributed by atoms with Gasteiger partial charge in [0.25, 0.3) is 0 Å². The van der Waals surface area contributed by atoms with Gasteiger partial charge in [-0.15, -0.1) is 0 Å². The number of amides is 2. The van der Waals surface area contributed by atoms with Gasteiger partial charge < -0.3 is 16.0 Å². The highest BCUT2D eigenvalue weighted by atomic mass is 16.2. The van der Waals surface area contributed by atoms with Gasteiger partial charge in [0.2, 0.25) is 11.8 Å². The van der Waals surface area contributed by atoms with Crippen molar-refractivity contribution in [3.8, 4) is 0 Å². The van der Waals surface area contributed by atoms with Crippen LogP contribution in [-0.4, -0.2) is 62.0 Å². The zero-order chi connectivity index (χ0) is 15.0. The van der Waals surface area contributed by atoms with Crippen LogP contribution in [0.2, 0.25) is 0 Å². The van der Waals surface area contributed by atoms with E-state index in [0.29, 0.717) is 13.0 Å². The van der Waals surface area contributed by atoms with Gasteiger partial charge >= 0.3 is 0 Å². The first-order valence-electron chi connectivity index (χ1n) is 7.50. The summed E-state index contributed by atoms with van der Waals surface area (Å²) in [5.74, 6) is 0.162. The Hall–Kier alpha value is -1.14. The molecule has 1 saturated heterocycles. The number of carbonyl (C=O) groups excluding carboxylic acids is 2. The van der Waals surface area contributed by atoms with Crippen LogP contribution < -0.4 is 16.0 Å². The summed E-state index contributed by atoms with van der Waals surface area (Å²) >= 11 is 0. The SMILES string of the molecule is CCNC(C)CC(=O)NC1CCN(CC(=O)NC)CC1. The van der Waals surface area contributed by atoms with Crippen LogP contribution in [0.4, 0.5) is 0 Å². The number of carbonyl (C=O) groups is 2. The number of hydrogen-bond acceptors (Lipinski definition) is 4. The molecule has 0 bridgehead atoms. The molecule has 0 saturated carbocycles. The summed E-state index contributed by atoms with van der Waals surface area (Å²) < 4.78 is 0. The van der Waals surface area contributed by atoms with Crippen LogP contribution in [0.25, 0.3) is 0 Å². The predicted octanol–water partition coefficient (Wildman–Crippen LogP) is -0.299. The normalized spacial score (nSPS) is 18.6. The molecule has 1 fully saturated rings. The molecule has 1 heterocycles. The van der Waals surface area contributed by atoms with Crippen molar-refractivity contribution in [3.63, 3.8) is 0 Å². The molecule has 6 heteroatoms. The van der Waals surface area contributed by atoms with Crippen molar-refractivity contribution in [2.75, 3.05) is 33.2 Å². The number of hydrogen-bond donors (Lipinski definition) is 3. The van der Waals surface area contributed by atoms with E-state index >= 15 is 0 Å². The lowest BCUT2D eigenvalue weighted by Crippen LogP contribution is -2.47. The molecular weight excluding hydrogens is 256 g/mol. The van der Waals surface area contributed by atoms with Crippen LogP contribution >= 0.6 is 0 Å². The van der Waals surface area contributed by atoms with E-state index in [4.69, 9.17) is 0 Å². The van der Waals surface area contributed by atoms with Gasteiger partial charge in [0.15, 0.2) is 0 Å². The third kappa shape index (κ3) is 6.34. The van der Waals surface area contributed by atoms with E-state index in [1.807, 2.05) is 13.8 Å². The lowest BCUT2D eigenvalue weighted by atomic mass is 10.0. The van der Waals surface area contributed by atoms with Gasteiger partial charge in [0.05, 0.1) is 6.54 Å². The van der Waals surface area contributed by atoms with Crippen molar-refractivity contribution in [3.05, 3.63) is 0 Å². The van der Waals surface area contributed by atoms with Crippen LogP contribution in [0.3, 0.4) is 0 Å². The van der Waals surface area contributed by atoms with Crippen LogP contribution in [0.5, 0.6) is 0 Å². The largest absolute Gasteiger partial charge is 0.358 e. The highest BCUT2D eigenvalue weighted by Crippen LogP contribution is 2.10. The van der Waals surface area contributed by atoms with Crippen molar-refractivity contribution < 1.29 is 9.59 Å². The number of nitrogens with zero attached hydrogens (tertiary/aromatic N) is 1. The maximum Gasteiger partial charge on any atom is 0.233 e. The van der Waals surface area contributed by atoms with Gasteiger partial charge in [-0.25, -0.2) is 0 Å². The molecule has 20 heavy (non-hydrogen) atoms. The number of likely N-dealkylation sites (N-methyl/N-ethyl adjacent to an activating group) is 1. The second-order valence-electron chi connectivity index (χ2n) is 5.45. The van der Waals surface area contributed by atoms with Gasteiger partial charge in [0, 0.05) is 38.6 Å². The summed E-state index contributed by atoms with van der Waals surface area (Å²) in [6.45, 7) is 7.12. The van der Waals surface area contributed by atoms with Gasteiger partial charge in [0.1, 0.15) is 0 Å². The van der Waals surface area contributed by atoms with Gasteiger partial charge in [-0.05, 0) is 26.3 Å². The molecule has 0 radical (unpaired) electrons. The smallest absolute Gasteiger partial charge is 0.233 e. The van der Waals surface area contributed by atoms with E-state index in [1.165, 1.54) is 0 Å². The first-order valence-corrected chi connectivity index (χ1v) is 7.50. The van der Waals surface area contributed by atoms with E-state index in [1.54, 1.807) is 7.05 Å². The van der Waals surface area contributed by atoms with Crippen LogP contribution in [0, 0.1) is 0 Å². The first-order chi connectivity index (χ1) is 9.55. The molecule has 1 aliphatic rings. The fourth-order valence-corrected chi connectivity index (χ4v) is 2.50. The Morgan fingerprint density at radius 2 is 1.90 bits per heavy atom. The Labute approximate surface area is 121 Å². The van der Waals surface area contributed by atoms with E-state index in [0.717, 1.165) is 32.5 Å². The van der Waals surface area contributed by atoms with E-state index in [2.05, 4.69) is 20.9 Å². The second-order valence-corrected chi connectivity index (χ2v) is 5.45. The van der Waals surface area contributed by atoms with Gasteiger partial charge in [-0.1, -0.05) is 6.92 Å². The maximum absolute atomic E-state index is 11.9. The number of rotatable bonds is 7. The Morgan fingerprint density at radius 3 is 2.45 bits per heavy atom. The van der Waals surface area contributed by atoms with Crippen molar-refractivity contribution in [2.24, 2.45) is 0 Å². The van der Waals surface area contributed by atoms with Crippen molar-refractivity contribution >= 4 is 11.8 Å². The molecule has 1 unspecified atom stereocenters. The summed E-state index contributed by atoms with van der Waals surface area (Å²) in [5, 5.41) is 8.96. The Kier molecular flexibility index (Phi) is 7.54. The quantitative estimate of drug-likeness (QED) is 0.600. The molecule has 0 aromatic heterocycles. The topological polar surface area (TPSA) is 73.5 Å². The highest BCUT2D eigenvalue weighted by Gasteiger charge is 2.22. The fourth-order valence-electron chi connectivity index (χ4n) is 2.50. The minimum absolute atomic E-state index is 0.0481. The summed E-state index contributed by atoms with van der Waals surface area (Å²) in [7, 11) is 1.65. The number of likely N-dealkylation sites (tertiary alicyclic amines) is 1. The molecule has 3 N–H and O–H groups in total. The summed E-state index contributed by atoms with van der Waals surface area (Å²) in [5.41, 5.74) is 0. The maximum atomic E-state index is 11.9. The molecule has 0 aliphatic carbocycles. The zero-order valence-corrected chi connectivity index (χ0v) is 12.9. The van der Waals surface area contributed by atoms with E-state index in [9.17, 15) is 9.59 Å². The van der Waals surface area contributed by atoms with Gasteiger partial charge in [-0.3, -0.25) is 14.5 Å². The molecule has 0 aromatic rings.